The zero-order chi connectivity index (χ0) is 13.7. The molecule has 1 aliphatic heterocycles. The van der Waals surface area contributed by atoms with Gasteiger partial charge in [0, 0.05) is 24.4 Å². The predicted molar refractivity (Wildman–Crippen MR) is 77.8 cm³/mol. The third-order valence-corrected chi connectivity index (χ3v) is 3.45. The topological polar surface area (TPSA) is 33.5 Å². The van der Waals surface area contributed by atoms with Gasteiger partial charge in [0.25, 0.3) is 0 Å². The van der Waals surface area contributed by atoms with Crippen molar-refractivity contribution in [3.05, 3.63) is 52.2 Å². The van der Waals surface area contributed by atoms with Crippen molar-refractivity contribution in [3.8, 4) is 0 Å². The van der Waals surface area contributed by atoms with Crippen LogP contribution >= 0.6 is 0 Å². The molecule has 102 valence electrons. The first-order valence-electron chi connectivity index (χ1n) is 6.95. The molecule has 0 aliphatic carbocycles. The molecular formula is C16H21NO2. The molecule has 0 aromatic carbocycles. The van der Waals surface area contributed by atoms with Gasteiger partial charge in [0.05, 0.1) is 6.04 Å². The van der Waals surface area contributed by atoms with E-state index in [4.69, 9.17) is 4.42 Å². The van der Waals surface area contributed by atoms with Crippen LogP contribution < -0.4 is 5.63 Å². The number of hydrogen-bond donors (Lipinski definition) is 0. The molecule has 1 atom stereocenters. The summed E-state index contributed by atoms with van der Waals surface area (Å²) in [6, 6.07) is 3.63. The van der Waals surface area contributed by atoms with E-state index in [9.17, 15) is 4.79 Å². The van der Waals surface area contributed by atoms with Crippen LogP contribution in [-0.4, -0.2) is 11.4 Å². The highest BCUT2D eigenvalue weighted by Crippen LogP contribution is 2.28. The molecule has 0 amide bonds. The van der Waals surface area contributed by atoms with Crippen molar-refractivity contribution in [1.82, 2.24) is 4.90 Å². The van der Waals surface area contributed by atoms with Gasteiger partial charge in [-0.3, -0.25) is 0 Å². The van der Waals surface area contributed by atoms with Crippen molar-refractivity contribution < 1.29 is 4.42 Å². The molecule has 1 unspecified atom stereocenters. The molecule has 19 heavy (non-hydrogen) atoms. The van der Waals surface area contributed by atoms with Gasteiger partial charge in [0.2, 0.25) is 0 Å². The van der Waals surface area contributed by atoms with Crippen molar-refractivity contribution >= 4 is 6.08 Å². The summed E-state index contributed by atoms with van der Waals surface area (Å²) < 4.78 is 5.20. The summed E-state index contributed by atoms with van der Waals surface area (Å²) in [6.45, 7) is 5.31. The molecule has 0 spiro atoms. The highest BCUT2D eigenvalue weighted by Gasteiger charge is 2.20. The summed E-state index contributed by atoms with van der Waals surface area (Å²) in [4.78, 5) is 13.5. The lowest BCUT2D eigenvalue weighted by molar-refractivity contribution is 0.284. The molecule has 0 N–H and O–H groups in total. The zero-order valence-electron chi connectivity index (χ0n) is 11.6. The van der Waals surface area contributed by atoms with Gasteiger partial charge in [0.15, 0.2) is 0 Å². The summed E-state index contributed by atoms with van der Waals surface area (Å²) in [5.74, 6) is 0.696. The molecule has 1 aliphatic rings. The molecule has 0 bridgehead atoms. The second-order valence-corrected chi connectivity index (χ2v) is 4.83. The predicted octanol–water partition coefficient (Wildman–Crippen LogP) is 3.73. The van der Waals surface area contributed by atoms with Crippen LogP contribution in [0.25, 0.3) is 6.08 Å². The fourth-order valence-electron chi connectivity index (χ4n) is 2.33. The quantitative estimate of drug-likeness (QED) is 0.596. The Morgan fingerprint density at radius 1 is 1.37 bits per heavy atom. The van der Waals surface area contributed by atoms with E-state index in [-0.39, 0.29) is 11.7 Å². The Kier molecular flexibility index (Phi) is 4.61. The molecule has 3 nitrogen and oxygen atoms in total. The van der Waals surface area contributed by atoms with Crippen molar-refractivity contribution in [2.45, 2.75) is 39.2 Å². The van der Waals surface area contributed by atoms with Gasteiger partial charge in [-0.2, -0.15) is 0 Å². The minimum absolute atomic E-state index is 0.263. The van der Waals surface area contributed by atoms with Crippen molar-refractivity contribution in [3.63, 3.8) is 0 Å². The number of hydrogen-bond acceptors (Lipinski definition) is 3. The average molecular weight is 259 g/mol. The second-order valence-electron chi connectivity index (χ2n) is 4.83. The molecule has 1 aromatic rings. The molecular weight excluding hydrogens is 238 g/mol. The summed E-state index contributed by atoms with van der Waals surface area (Å²) in [6.07, 6.45) is 11.7. The van der Waals surface area contributed by atoms with E-state index < -0.39 is 0 Å². The zero-order valence-corrected chi connectivity index (χ0v) is 11.6. The molecule has 3 heteroatoms. The SMILES string of the molecule is CCC=CCCCN1C=Cc2oc(=O)ccc2C1C. The molecule has 2 rings (SSSR count). The largest absolute Gasteiger partial charge is 0.423 e. The molecule has 0 fully saturated rings. The lowest BCUT2D eigenvalue weighted by Gasteiger charge is -2.31. The first kappa shape index (κ1) is 13.7. The second kappa shape index (κ2) is 6.41. The maximum absolute atomic E-state index is 11.2. The lowest BCUT2D eigenvalue weighted by atomic mass is 10.0. The number of fused-ring (bicyclic) bond motifs is 1. The van der Waals surface area contributed by atoms with Crippen LogP contribution in [0.15, 0.2) is 39.7 Å². The first-order chi connectivity index (χ1) is 9.22. The normalized spacial score (nSPS) is 18.0. The van der Waals surface area contributed by atoms with Crippen LogP contribution in [0.5, 0.6) is 0 Å². The molecule has 0 saturated heterocycles. The highest BCUT2D eigenvalue weighted by molar-refractivity contribution is 5.50. The average Bonchev–Trinajstić information content (AvgIpc) is 2.41. The van der Waals surface area contributed by atoms with Gasteiger partial charge < -0.3 is 9.32 Å². The number of nitrogens with zero attached hydrogens (tertiary/aromatic N) is 1. The van der Waals surface area contributed by atoms with Gasteiger partial charge in [0.1, 0.15) is 5.76 Å². The van der Waals surface area contributed by atoms with Crippen LogP contribution in [0.3, 0.4) is 0 Å². The summed E-state index contributed by atoms with van der Waals surface area (Å²) in [7, 11) is 0. The van der Waals surface area contributed by atoms with Gasteiger partial charge in [-0.25, -0.2) is 4.79 Å². The Bertz CT molecular complexity index is 528. The van der Waals surface area contributed by atoms with Gasteiger partial charge in [-0.05, 0) is 38.3 Å². The number of allylic oxidation sites excluding steroid dienone is 2. The minimum Gasteiger partial charge on any atom is -0.423 e. The molecule has 2 heterocycles. The molecule has 1 aromatic heterocycles. The van der Waals surface area contributed by atoms with Gasteiger partial charge in [-0.1, -0.05) is 19.1 Å². The Hall–Kier alpha value is -1.77. The van der Waals surface area contributed by atoms with Crippen molar-refractivity contribution in [2.75, 3.05) is 6.54 Å². The van der Waals surface area contributed by atoms with Crippen LogP contribution in [0.1, 0.15) is 50.5 Å². The van der Waals surface area contributed by atoms with Gasteiger partial charge >= 0.3 is 5.63 Å². The van der Waals surface area contributed by atoms with E-state index in [1.807, 2.05) is 18.3 Å². The van der Waals surface area contributed by atoms with E-state index in [2.05, 4.69) is 30.9 Å². The van der Waals surface area contributed by atoms with Crippen LogP contribution in [-0.2, 0) is 0 Å². The Morgan fingerprint density at radius 2 is 2.21 bits per heavy atom. The standard InChI is InChI=1S/C16H21NO2/c1-3-4-5-6-7-11-17-12-10-15-14(13(17)2)8-9-16(18)19-15/h4-5,8-10,12-13H,3,6-7,11H2,1-2H3. The van der Waals surface area contributed by atoms with E-state index in [0.717, 1.165) is 31.4 Å². The van der Waals surface area contributed by atoms with E-state index in [0.29, 0.717) is 5.76 Å². The fourth-order valence-corrected chi connectivity index (χ4v) is 2.33. The minimum atomic E-state index is -0.284. The van der Waals surface area contributed by atoms with Crippen molar-refractivity contribution in [2.24, 2.45) is 0 Å². The fraction of sp³-hybridized carbons (Fsp3) is 0.438. The first-order valence-corrected chi connectivity index (χ1v) is 6.95. The van der Waals surface area contributed by atoms with Crippen LogP contribution in [0.2, 0.25) is 0 Å². The maximum atomic E-state index is 11.2. The third kappa shape index (κ3) is 3.37. The summed E-state index contributed by atoms with van der Waals surface area (Å²) in [5.41, 5.74) is 0.806. The molecule has 0 saturated carbocycles. The summed E-state index contributed by atoms with van der Waals surface area (Å²) >= 11 is 0. The third-order valence-electron chi connectivity index (χ3n) is 3.45. The van der Waals surface area contributed by atoms with E-state index >= 15 is 0 Å². The lowest BCUT2D eigenvalue weighted by Crippen LogP contribution is -2.26. The summed E-state index contributed by atoms with van der Waals surface area (Å²) in [5, 5.41) is 0. The Morgan fingerprint density at radius 3 is 3.00 bits per heavy atom. The molecule has 0 radical (unpaired) electrons. The van der Waals surface area contributed by atoms with Crippen molar-refractivity contribution in [1.29, 1.82) is 0 Å². The number of rotatable bonds is 5. The van der Waals surface area contributed by atoms with E-state index in [1.54, 1.807) is 0 Å². The van der Waals surface area contributed by atoms with Crippen LogP contribution in [0, 0.1) is 0 Å². The Balaban J connectivity index is 1.98. The van der Waals surface area contributed by atoms with Crippen LogP contribution in [0.4, 0.5) is 0 Å². The smallest absolute Gasteiger partial charge is 0.336 e. The number of unbranched alkanes of at least 4 members (excludes halogenated alkanes) is 1. The van der Waals surface area contributed by atoms with E-state index in [1.165, 1.54) is 6.07 Å². The monoisotopic (exact) mass is 259 g/mol. The van der Waals surface area contributed by atoms with Gasteiger partial charge in [-0.15, -0.1) is 0 Å². The highest BCUT2D eigenvalue weighted by atomic mass is 16.4. The Labute approximate surface area is 114 Å². The maximum Gasteiger partial charge on any atom is 0.336 e.